The molecule has 6 heteroatoms. The van der Waals surface area contributed by atoms with Gasteiger partial charge < -0.3 is 16.4 Å². The van der Waals surface area contributed by atoms with Gasteiger partial charge in [-0.25, -0.2) is 0 Å². The molecule has 6 nitrogen and oxygen atoms in total. The molecule has 1 heterocycles. The van der Waals surface area contributed by atoms with Crippen molar-refractivity contribution in [2.45, 2.75) is 52.6 Å². The van der Waals surface area contributed by atoms with Crippen molar-refractivity contribution in [2.24, 2.45) is 29.2 Å². The van der Waals surface area contributed by atoms with E-state index in [9.17, 15) is 14.4 Å². The molecule has 1 unspecified atom stereocenters. The summed E-state index contributed by atoms with van der Waals surface area (Å²) in [5.74, 6) is -2.11. The van der Waals surface area contributed by atoms with Crippen molar-refractivity contribution in [1.82, 2.24) is 4.90 Å². The highest BCUT2D eigenvalue weighted by Crippen LogP contribution is 2.25. The largest absolute Gasteiger partial charge is 0.369 e. The molecule has 0 aliphatic carbocycles. The maximum Gasteiger partial charge on any atom is 0.240 e. The molecular formula is C15H27N3O3. The molecule has 1 aliphatic heterocycles. The summed E-state index contributed by atoms with van der Waals surface area (Å²) in [4.78, 5) is 38.1. The average Bonchev–Trinajstić information content (AvgIpc) is 2.84. The van der Waals surface area contributed by atoms with Gasteiger partial charge in [0, 0.05) is 6.54 Å². The van der Waals surface area contributed by atoms with Crippen molar-refractivity contribution in [3.8, 4) is 0 Å². The molecule has 0 radical (unpaired) electrons. The van der Waals surface area contributed by atoms with Crippen LogP contribution < -0.4 is 11.5 Å². The molecule has 0 saturated carbocycles. The Balaban J connectivity index is 2.93. The zero-order chi connectivity index (χ0) is 16.3. The minimum atomic E-state index is -0.848. The SMILES string of the molecule is CC(C)C(C(N)=O)C(=O)[C@@H]1CCCN1C(=O)[C@@H](N)C(C)C. The number of rotatable bonds is 6. The van der Waals surface area contributed by atoms with Crippen LogP contribution in [0.15, 0.2) is 0 Å². The first kappa shape index (κ1) is 17.6. The molecule has 2 amide bonds. The average molecular weight is 297 g/mol. The summed E-state index contributed by atoms with van der Waals surface area (Å²) in [6, 6.07) is -1.19. The quantitative estimate of drug-likeness (QED) is 0.687. The second kappa shape index (κ2) is 7.02. The van der Waals surface area contributed by atoms with Gasteiger partial charge in [0.25, 0.3) is 0 Å². The number of hydrogen-bond acceptors (Lipinski definition) is 4. The first-order chi connectivity index (χ1) is 9.68. The molecule has 1 saturated heterocycles. The summed E-state index contributed by atoms with van der Waals surface area (Å²) in [6.07, 6.45) is 1.32. The third-order valence-corrected chi connectivity index (χ3v) is 4.15. The van der Waals surface area contributed by atoms with E-state index < -0.39 is 23.9 Å². The smallest absolute Gasteiger partial charge is 0.240 e. The van der Waals surface area contributed by atoms with Gasteiger partial charge in [-0.3, -0.25) is 14.4 Å². The van der Waals surface area contributed by atoms with Gasteiger partial charge in [-0.15, -0.1) is 0 Å². The second-order valence-corrected chi connectivity index (χ2v) is 6.49. The van der Waals surface area contributed by atoms with Crippen molar-refractivity contribution in [2.75, 3.05) is 6.54 Å². The van der Waals surface area contributed by atoms with Crippen molar-refractivity contribution >= 4 is 17.6 Å². The third-order valence-electron chi connectivity index (χ3n) is 4.15. The summed E-state index contributed by atoms with van der Waals surface area (Å²) >= 11 is 0. The van der Waals surface area contributed by atoms with Gasteiger partial charge in [-0.05, 0) is 24.7 Å². The van der Waals surface area contributed by atoms with Crippen LogP contribution in [-0.4, -0.2) is 41.1 Å². The Morgan fingerprint density at radius 1 is 1.10 bits per heavy atom. The first-order valence-corrected chi connectivity index (χ1v) is 7.57. The number of carbonyl (C=O) groups excluding carboxylic acids is 3. The van der Waals surface area contributed by atoms with Gasteiger partial charge in [0.2, 0.25) is 11.8 Å². The molecule has 0 aromatic heterocycles. The van der Waals surface area contributed by atoms with Gasteiger partial charge in [0.05, 0.1) is 12.1 Å². The fourth-order valence-corrected chi connectivity index (χ4v) is 2.81. The van der Waals surface area contributed by atoms with Crippen molar-refractivity contribution in [3.05, 3.63) is 0 Å². The number of primary amides is 1. The van der Waals surface area contributed by atoms with E-state index in [1.807, 2.05) is 13.8 Å². The van der Waals surface area contributed by atoms with E-state index in [2.05, 4.69) is 0 Å². The van der Waals surface area contributed by atoms with Gasteiger partial charge in [0.1, 0.15) is 5.92 Å². The summed E-state index contributed by atoms with van der Waals surface area (Å²) < 4.78 is 0. The molecule has 21 heavy (non-hydrogen) atoms. The summed E-state index contributed by atoms with van der Waals surface area (Å²) in [5.41, 5.74) is 11.3. The standard InChI is InChI=1S/C15H27N3O3/c1-8(2)11(14(17)20)13(19)10-6-5-7-18(10)15(21)12(16)9(3)4/h8-12H,5-7,16H2,1-4H3,(H2,17,20)/t10-,11?,12-/m0/s1. The Kier molecular flexibility index (Phi) is 5.89. The van der Waals surface area contributed by atoms with Crippen LogP contribution in [0.4, 0.5) is 0 Å². The highest BCUT2D eigenvalue weighted by Gasteiger charge is 2.41. The van der Waals surface area contributed by atoms with Crippen LogP contribution in [0.3, 0.4) is 0 Å². The van der Waals surface area contributed by atoms with Crippen molar-refractivity contribution in [1.29, 1.82) is 0 Å². The number of Topliss-reactive ketones (excluding diaryl/α,β-unsaturated/α-hetero) is 1. The molecule has 1 rings (SSSR count). The summed E-state index contributed by atoms with van der Waals surface area (Å²) in [5, 5.41) is 0. The Bertz CT molecular complexity index is 420. The van der Waals surface area contributed by atoms with Crippen LogP contribution in [-0.2, 0) is 14.4 Å². The van der Waals surface area contributed by atoms with E-state index in [0.29, 0.717) is 13.0 Å². The lowest BCUT2D eigenvalue weighted by Crippen LogP contribution is -2.53. The van der Waals surface area contributed by atoms with Crippen LogP contribution >= 0.6 is 0 Å². The minimum absolute atomic E-state index is 0.00545. The van der Waals surface area contributed by atoms with E-state index in [1.54, 1.807) is 13.8 Å². The van der Waals surface area contributed by atoms with Crippen LogP contribution in [0, 0.1) is 17.8 Å². The maximum absolute atomic E-state index is 12.6. The van der Waals surface area contributed by atoms with Gasteiger partial charge in [0.15, 0.2) is 5.78 Å². The highest BCUT2D eigenvalue weighted by atomic mass is 16.2. The molecule has 4 N–H and O–H groups in total. The number of carbonyl (C=O) groups is 3. The molecule has 3 atom stereocenters. The third kappa shape index (κ3) is 3.81. The van der Waals surface area contributed by atoms with Gasteiger partial charge >= 0.3 is 0 Å². The van der Waals surface area contributed by atoms with Crippen LogP contribution in [0.2, 0.25) is 0 Å². The number of ketones is 1. The first-order valence-electron chi connectivity index (χ1n) is 7.57. The fourth-order valence-electron chi connectivity index (χ4n) is 2.81. The molecule has 1 aliphatic rings. The molecule has 1 fully saturated rings. The number of amides is 2. The molecule has 0 bridgehead atoms. The van der Waals surface area contributed by atoms with E-state index in [4.69, 9.17) is 11.5 Å². The fraction of sp³-hybridized carbons (Fsp3) is 0.800. The number of nitrogens with two attached hydrogens (primary N) is 2. The topological polar surface area (TPSA) is 106 Å². The van der Waals surface area contributed by atoms with Gasteiger partial charge in [-0.1, -0.05) is 27.7 Å². The second-order valence-electron chi connectivity index (χ2n) is 6.49. The normalized spacial score (nSPS) is 21.7. The molecule has 0 spiro atoms. The van der Waals surface area contributed by atoms with E-state index in [-0.39, 0.29) is 23.5 Å². The number of likely N-dealkylation sites (tertiary alicyclic amines) is 1. The lowest BCUT2D eigenvalue weighted by atomic mass is 9.86. The Morgan fingerprint density at radius 2 is 1.67 bits per heavy atom. The summed E-state index contributed by atoms with van der Waals surface area (Å²) in [6.45, 7) is 7.83. The van der Waals surface area contributed by atoms with Gasteiger partial charge in [-0.2, -0.15) is 0 Å². The molecule has 0 aromatic rings. The summed E-state index contributed by atoms with van der Waals surface area (Å²) in [7, 11) is 0. The number of hydrogen-bond donors (Lipinski definition) is 2. The van der Waals surface area contributed by atoms with E-state index >= 15 is 0 Å². The lowest BCUT2D eigenvalue weighted by molar-refractivity contribution is -0.144. The maximum atomic E-state index is 12.6. The van der Waals surface area contributed by atoms with Crippen LogP contribution in [0.5, 0.6) is 0 Å². The van der Waals surface area contributed by atoms with Crippen LogP contribution in [0.1, 0.15) is 40.5 Å². The predicted octanol–water partition coefficient (Wildman–Crippen LogP) is 0.287. The van der Waals surface area contributed by atoms with E-state index in [1.165, 1.54) is 4.90 Å². The predicted molar refractivity (Wildman–Crippen MR) is 80.1 cm³/mol. The van der Waals surface area contributed by atoms with Crippen molar-refractivity contribution in [3.63, 3.8) is 0 Å². The molecule has 120 valence electrons. The van der Waals surface area contributed by atoms with Crippen LogP contribution in [0.25, 0.3) is 0 Å². The monoisotopic (exact) mass is 297 g/mol. The highest BCUT2D eigenvalue weighted by molar-refractivity contribution is 6.05. The molecular weight excluding hydrogens is 270 g/mol. The Morgan fingerprint density at radius 3 is 2.10 bits per heavy atom. The Hall–Kier alpha value is -1.43. The van der Waals surface area contributed by atoms with E-state index in [0.717, 1.165) is 6.42 Å². The minimum Gasteiger partial charge on any atom is -0.369 e. The molecule has 0 aromatic carbocycles. The lowest BCUT2D eigenvalue weighted by Gasteiger charge is -2.30. The zero-order valence-corrected chi connectivity index (χ0v) is 13.3. The zero-order valence-electron chi connectivity index (χ0n) is 13.3. The number of nitrogens with zero attached hydrogens (tertiary/aromatic N) is 1. The van der Waals surface area contributed by atoms with Crippen molar-refractivity contribution < 1.29 is 14.4 Å². The Labute approximate surface area is 126 Å².